The van der Waals surface area contributed by atoms with Crippen molar-refractivity contribution >= 4 is 40.2 Å². The summed E-state index contributed by atoms with van der Waals surface area (Å²) >= 11 is 0. The number of rotatable bonds is 6. The molecule has 35 heavy (non-hydrogen) atoms. The van der Waals surface area contributed by atoms with E-state index in [4.69, 9.17) is 0 Å². The van der Waals surface area contributed by atoms with Crippen LogP contribution < -0.4 is 10.2 Å². The van der Waals surface area contributed by atoms with Gasteiger partial charge in [-0.2, -0.15) is 10.4 Å². The highest BCUT2D eigenvalue weighted by atomic mass is 16.1. The molecular weight excluding hydrogens is 438 g/mol. The summed E-state index contributed by atoms with van der Waals surface area (Å²) in [6.45, 7) is 7.28. The molecule has 4 aromatic rings. The highest BCUT2D eigenvalue weighted by molar-refractivity contribution is 5.94. The van der Waals surface area contributed by atoms with Crippen LogP contribution >= 0.6 is 0 Å². The molecule has 8 heteroatoms. The number of carbonyl (C=O) groups excluding carboxylic acids is 1. The van der Waals surface area contributed by atoms with Crippen LogP contribution in [0.2, 0.25) is 0 Å². The van der Waals surface area contributed by atoms with Crippen LogP contribution in [0, 0.1) is 32.1 Å². The number of nitrogens with one attached hydrogen (secondary N) is 2. The zero-order valence-corrected chi connectivity index (χ0v) is 20.0. The Morgan fingerprint density at radius 2 is 1.49 bits per heavy atom. The smallest absolute Gasteiger partial charge is 0.221 e. The van der Waals surface area contributed by atoms with Gasteiger partial charge >= 0.3 is 0 Å². The van der Waals surface area contributed by atoms with E-state index in [1.54, 1.807) is 13.0 Å². The van der Waals surface area contributed by atoms with Crippen molar-refractivity contribution in [2.45, 2.75) is 27.7 Å². The molecule has 1 heterocycles. The van der Waals surface area contributed by atoms with Gasteiger partial charge in [0.15, 0.2) is 0 Å². The number of hydrogen-bond donors (Lipinski definition) is 2. The van der Waals surface area contributed by atoms with E-state index in [1.807, 2.05) is 26.0 Å². The molecule has 1 amide bonds. The lowest BCUT2D eigenvalue weighted by molar-refractivity contribution is -0.114. The van der Waals surface area contributed by atoms with Crippen LogP contribution in [0.3, 0.4) is 0 Å². The Kier molecular flexibility index (Phi) is 6.69. The summed E-state index contributed by atoms with van der Waals surface area (Å²) in [6.07, 6.45) is 0. The lowest BCUT2D eigenvalue weighted by Crippen LogP contribution is -2.11. The number of nitrogens with zero attached hydrogens (tertiary/aromatic N) is 5. The van der Waals surface area contributed by atoms with Gasteiger partial charge in [0, 0.05) is 24.0 Å². The normalized spacial score (nSPS) is 10.8. The first-order valence-corrected chi connectivity index (χ1v) is 11.1. The Morgan fingerprint density at radius 1 is 0.914 bits per heavy atom. The third-order valence-corrected chi connectivity index (χ3v) is 5.43. The quantitative estimate of drug-likeness (QED) is 0.298. The molecule has 174 valence electrons. The third kappa shape index (κ3) is 5.25. The molecule has 0 bridgehead atoms. The molecule has 0 spiro atoms. The van der Waals surface area contributed by atoms with Crippen molar-refractivity contribution in [1.82, 2.24) is 10.2 Å². The van der Waals surface area contributed by atoms with Crippen LogP contribution in [0.1, 0.15) is 29.3 Å². The number of H-pyrrole nitrogens is 1. The Balaban J connectivity index is 1.80. The second-order valence-corrected chi connectivity index (χ2v) is 8.25. The van der Waals surface area contributed by atoms with E-state index in [9.17, 15) is 10.1 Å². The van der Waals surface area contributed by atoms with E-state index in [2.05, 4.69) is 85.2 Å². The number of azo groups is 1. The summed E-state index contributed by atoms with van der Waals surface area (Å²) in [5.74, 6) is -0.0343. The lowest BCUT2D eigenvalue weighted by Gasteiger charge is -2.26. The average molecular weight is 464 g/mol. The van der Waals surface area contributed by atoms with Crippen LogP contribution in [-0.2, 0) is 4.79 Å². The first kappa shape index (κ1) is 23.4. The number of nitriles is 1. The number of hydrogen-bond acceptors (Lipinski definition) is 6. The minimum absolute atomic E-state index is 0.198. The minimum atomic E-state index is -0.232. The molecule has 0 radical (unpaired) electrons. The maximum absolute atomic E-state index is 12.0. The highest BCUT2D eigenvalue weighted by Gasteiger charge is 2.16. The van der Waals surface area contributed by atoms with E-state index >= 15 is 0 Å². The molecule has 0 unspecified atom stereocenters. The molecule has 0 atom stereocenters. The van der Waals surface area contributed by atoms with Crippen molar-refractivity contribution in [3.05, 3.63) is 89.1 Å². The number of benzene rings is 3. The molecule has 0 aliphatic carbocycles. The first-order chi connectivity index (χ1) is 16.9. The summed E-state index contributed by atoms with van der Waals surface area (Å²) in [5.41, 5.74) is 7.02. The van der Waals surface area contributed by atoms with Gasteiger partial charge in [-0.1, -0.05) is 35.4 Å². The number of carbonyl (C=O) groups is 1. The Labute approximate surface area is 204 Å². The largest absolute Gasteiger partial charge is 0.324 e. The van der Waals surface area contributed by atoms with E-state index in [-0.39, 0.29) is 11.7 Å². The van der Waals surface area contributed by atoms with Gasteiger partial charge in [-0.3, -0.25) is 9.89 Å². The lowest BCUT2D eigenvalue weighted by atomic mass is 10.1. The molecule has 8 nitrogen and oxygen atoms in total. The fourth-order valence-corrected chi connectivity index (χ4v) is 3.60. The molecule has 1 aromatic heterocycles. The van der Waals surface area contributed by atoms with Crippen molar-refractivity contribution in [3.8, 4) is 6.07 Å². The molecule has 0 saturated carbocycles. The van der Waals surface area contributed by atoms with Crippen LogP contribution in [0.5, 0.6) is 0 Å². The van der Waals surface area contributed by atoms with Gasteiger partial charge in [0.25, 0.3) is 0 Å². The molecule has 3 aromatic carbocycles. The van der Waals surface area contributed by atoms with Gasteiger partial charge in [0.05, 0.1) is 11.4 Å². The molecular formula is C27H25N7O. The topological polar surface area (TPSA) is 110 Å². The number of amides is 1. The standard InChI is InChI=1S/C27H25N7O/c1-17-5-9-21(10-6-17)34(22-11-7-18(2)8-12-22)23-13-14-25(26(15-23)29-20(4)35)31-33-27-24(16-28)19(3)30-32-27/h5-15H,1-4H3,(H,29,35)(H,30,32). The van der Waals surface area contributed by atoms with Gasteiger partial charge in [-0.05, 0) is 63.2 Å². The summed E-state index contributed by atoms with van der Waals surface area (Å²) < 4.78 is 0. The van der Waals surface area contributed by atoms with E-state index in [0.717, 1.165) is 28.2 Å². The van der Waals surface area contributed by atoms with Crippen molar-refractivity contribution in [1.29, 1.82) is 5.26 Å². The van der Waals surface area contributed by atoms with Crippen molar-refractivity contribution in [2.24, 2.45) is 10.2 Å². The fraction of sp³-hybridized carbons (Fsp3) is 0.148. The number of aromatic amines is 1. The van der Waals surface area contributed by atoms with Crippen molar-refractivity contribution in [3.63, 3.8) is 0 Å². The molecule has 0 saturated heterocycles. The zero-order chi connectivity index (χ0) is 24.9. The predicted molar refractivity (Wildman–Crippen MR) is 137 cm³/mol. The summed E-state index contributed by atoms with van der Waals surface area (Å²) in [6, 6.07) is 24.1. The summed E-state index contributed by atoms with van der Waals surface area (Å²) in [4.78, 5) is 14.1. The van der Waals surface area contributed by atoms with Crippen molar-refractivity contribution < 1.29 is 4.79 Å². The molecule has 4 rings (SSSR count). The van der Waals surface area contributed by atoms with Gasteiger partial charge < -0.3 is 10.2 Å². The SMILES string of the molecule is CC(=O)Nc1cc(N(c2ccc(C)cc2)c2ccc(C)cc2)ccc1N=Nc1n[nH]c(C)c1C#N. The predicted octanol–water partition coefficient (Wildman–Crippen LogP) is 7.05. The van der Waals surface area contributed by atoms with Gasteiger partial charge in [-0.25, -0.2) is 0 Å². The van der Waals surface area contributed by atoms with E-state index in [1.165, 1.54) is 6.92 Å². The molecule has 0 aliphatic rings. The minimum Gasteiger partial charge on any atom is -0.324 e. The molecule has 0 fully saturated rings. The number of aryl methyl sites for hydroxylation is 3. The Hall–Kier alpha value is -4.77. The Bertz CT molecular complexity index is 1380. The number of anilines is 4. The van der Waals surface area contributed by atoms with Crippen molar-refractivity contribution in [2.75, 3.05) is 10.2 Å². The monoisotopic (exact) mass is 463 g/mol. The van der Waals surface area contributed by atoms with E-state index in [0.29, 0.717) is 22.6 Å². The maximum atomic E-state index is 12.0. The van der Waals surface area contributed by atoms with Gasteiger partial charge in [0.2, 0.25) is 11.7 Å². The second-order valence-electron chi connectivity index (χ2n) is 8.25. The summed E-state index contributed by atoms with van der Waals surface area (Å²) in [7, 11) is 0. The molecule has 0 aliphatic heterocycles. The third-order valence-electron chi connectivity index (χ3n) is 5.43. The van der Waals surface area contributed by atoms with Crippen LogP contribution in [0.4, 0.5) is 34.3 Å². The van der Waals surface area contributed by atoms with Crippen LogP contribution in [-0.4, -0.2) is 16.1 Å². The maximum Gasteiger partial charge on any atom is 0.221 e. The van der Waals surface area contributed by atoms with Crippen LogP contribution in [0.25, 0.3) is 0 Å². The van der Waals surface area contributed by atoms with Crippen LogP contribution in [0.15, 0.2) is 77.0 Å². The second kappa shape index (κ2) is 10.0. The first-order valence-electron chi connectivity index (χ1n) is 11.1. The average Bonchev–Trinajstić information content (AvgIpc) is 3.20. The van der Waals surface area contributed by atoms with Gasteiger partial charge in [0.1, 0.15) is 17.3 Å². The molecule has 2 N–H and O–H groups in total. The highest BCUT2D eigenvalue weighted by Crippen LogP contribution is 2.39. The zero-order valence-electron chi connectivity index (χ0n) is 20.0. The van der Waals surface area contributed by atoms with E-state index < -0.39 is 0 Å². The Morgan fingerprint density at radius 3 is 2.03 bits per heavy atom. The van der Waals surface area contributed by atoms with Gasteiger partial charge in [-0.15, -0.1) is 10.2 Å². The summed E-state index contributed by atoms with van der Waals surface area (Å²) in [5, 5.41) is 27.4. The fourth-order valence-electron chi connectivity index (χ4n) is 3.60. The number of aromatic nitrogens is 2.